The van der Waals surface area contributed by atoms with Crippen LogP contribution in [-0.2, 0) is 10.9 Å². The number of carbonyl (C=O) groups excluding carboxylic acids is 1. The van der Waals surface area contributed by atoms with Crippen molar-refractivity contribution >= 4 is 40.5 Å². The number of anilines is 2. The maximum absolute atomic E-state index is 13.3. The van der Waals surface area contributed by atoms with Gasteiger partial charge < -0.3 is 25.3 Å². The molecule has 1 fully saturated rings. The number of H-pyrrole nitrogens is 1. The highest BCUT2D eigenvalue weighted by Gasteiger charge is 2.36. The predicted molar refractivity (Wildman–Crippen MR) is 128 cm³/mol. The van der Waals surface area contributed by atoms with Gasteiger partial charge in [-0.15, -0.1) is 0 Å². The van der Waals surface area contributed by atoms with E-state index in [-0.39, 0.29) is 11.4 Å². The number of aromatic amines is 1. The minimum atomic E-state index is -4.54. The van der Waals surface area contributed by atoms with Gasteiger partial charge in [0.15, 0.2) is 17.3 Å². The zero-order chi connectivity index (χ0) is 25.4. The summed E-state index contributed by atoms with van der Waals surface area (Å²) in [4.78, 5) is 30.0. The van der Waals surface area contributed by atoms with Crippen molar-refractivity contribution in [3.05, 3.63) is 24.0 Å². The molecule has 0 aromatic carbocycles. The van der Waals surface area contributed by atoms with Crippen LogP contribution in [0.25, 0.3) is 0 Å². The van der Waals surface area contributed by atoms with Crippen LogP contribution in [0.4, 0.5) is 35.5 Å². The van der Waals surface area contributed by atoms with Crippen LogP contribution in [0, 0.1) is 0 Å². The lowest BCUT2D eigenvalue weighted by Crippen LogP contribution is -2.54. The predicted octanol–water partition coefficient (Wildman–Crippen LogP) is 4.95. The van der Waals surface area contributed by atoms with Crippen LogP contribution in [0.15, 0.2) is 28.2 Å². The van der Waals surface area contributed by atoms with Gasteiger partial charge in [0, 0.05) is 29.7 Å². The summed E-state index contributed by atoms with van der Waals surface area (Å²) in [5, 5.41) is 6.57. The maximum atomic E-state index is 13.3. The Morgan fingerprint density at radius 3 is 2.63 bits per heavy atom. The molecule has 4 rings (SSSR count). The van der Waals surface area contributed by atoms with Crippen molar-refractivity contribution in [1.29, 1.82) is 0 Å². The van der Waals surface area contributed by atoms with Crippen LogP contribution in [0.1, 0.15) is 46.2 Å². The first-order valence-electron chi connectivity index (χ1n) is 11.2. The number of pyridine rings is 1. The number of halogens is 3. The molecule has 0 aliphatic carbocycles. The number of ether oxygens (including phenoxy) is 1. The molecule has 190 valence electrons. The first-order chi connectivity index (χ1) is 16.3. The summed E-state index contributed by atoms with van der Waals surface area (Å²) >= 11 is 0.927. The number of aliphatic imine (C=N–C) groups is 1. The summed E-state index contributed by atoms with van der Waals surface area (Å²) < 4.78 is 45.2. The van der Waals surface area contributed by atoms with Crippen molar-refractivity contribution in [2.24, 2.45) is 4.99 Å². The summed E-state index contributed by atoms with van der Waals surface area (Å²) in [7, 11) is 0. The Labute approximate surface area is 205 Å². The molecule has 3 N–H and O–H groups in total. The van der Waals surface area contributed by atoms with Gasteiger partial charge in [-0.1, -0.05) is 11.8 Å². The van der Waals surface area contributed by atoms with Crippen molar-refractivity contribution in [2.45, 2.75) is 62.7 Å². The second-order valence-corrected chi connectivity index (χ2v) is 10.9. The molecule has 2 aromatic rings. The highest BCUT2D eigenvalue weighted by Crippen LogP contribution is 2.38. The monoisotopic (exact) mass is 511 g/mol. The van der Waals surface area contributed by atoms with Crippen LogP contribution >= 0.6 is 11.8 Å². The van der Waals surface area contributed by atoms with E-state index in [9.17, 15) is 18.0 Å². The minimum absolute atomic E-state index is 0.00320. The molecule has 0 radical (unpaired) electrons. The van der Waals surface area contributed by atoms with E-state index in [4.69, 9.17) is 4.74 Å². The number of amides is 1. The summed E-state index contributed by atoms with van der Waals surface area (Å²) in [6, 6.07) is 2.85. The number of alkyl carbamates (subject to hydrolysis) is 1. The number of aromatic nitrogens is 3. The van der Waals surface area contributed by atoms with Crippen LogP contribution < -0.4 is 15.5 Å². The molecule has 13 heteroatoms. The van der Waals surface area contributed by atoms with E-state index in [0.717, 1.165) is 18.0 Å². The second-order valence-electron chi connectivity index (χ2n) is 9.74. The van der Waals surface area contributed by atoms with Gasteiger partial charge in [-0.3, -0.25) is 4.98 Å². The smallest absolute Gasteiger partial charge is 0.434 e. The number of nitrogens with zero attached hydrogens (tertiary/aromatic N) is 4. The van der Waals surface area contributed by atoms with Crippen LogP contribution in [0.2, 0.25) is 0 Å². The fourth-order valence-corrected chi connectivity index (χ4v) is 4.73. The third-order valence-corrected chi connectivity index (χ3v) is 6.57. The number of rotatable bonds is 3. The number of hydrogen-bond donors (Lipinski definition) is 3. The molecule has 2 aliphatic rings. The van der Waals surface area contributed by atoms with Crippen molar-refractivity contribution in [2.75, 3.05) is 29.9 Å². The molecule has 2 aliphatic heterocycles. The number of hydrogen-bond acceptors (Lipinski definition) is 8. The third kappa shape index (κ3) is 6.19. The zero-order valence-corrected chi connectivity index (χ0v) is 20.7. The Bertz CT molecular complexity index is 1120. The van der Waals surface area contributed by atoms with Crippen molar-refractivity contribution < 1.29 is 22.7 Å². The molecule has 0 unspecified atom stereocenters. The fraction of sp³-hybridized carbons (Fsp3) is 0.545. The molecule has 0 spiro atoms. The van der Waals surface area contributed by atoms with Gasteiger partial charge in [-0.25, -0.2) is 9.79 Å². The van der Waals surface area contributed by atoms with Gasteiger partial charge in [0.1, 0.15) is 5.60 Å². The Morgan fingerprint density at radius 2 is 1.97 bits per heavy atom. The fourth-order valence-electron chi connectivity index (χ4n) is 3.79. The average Bonchev–Trinajstić information content (AvgIpc) is 3.15. The molecule has 4 heterocycles. The Balaban J connectivity index is 1.41. The van der Waals surface area contributed by atoms with Crippen LogP contribution in [0.5, 0.6) is 0 Å². The van der Waals surface area contributed by atoms with Crippen molar-refractivity contribution in [3.8, 4) is 0 Å². The second kappa shape index (κ2) is 9.25. The highest BCUT2D eigenvalue weighted by molar-refractivity contribution is 8.14. The summed E-state index contributed by atoms with van der Waals surface area (Å²) in [5.41, 5.74) is -1.89. The van der Waals surface area contributed by atoms with Gasteiger partial charge in [-0.05, 0) is 52.7 Å². The quantitative estimate of drug-likeness (QED) is 0.535. The molecule has 0 saturated carbocycles. The molecule has 1 saturated heterocycles. The highest BCUT2D eigenvalue weighted by atomic mass is 32.2. The molecular formula is C22H28F3N7O2S. The Morgan fingerprint density at radius 1 is 1.26 bits per heavy atom. The molecule has 0 bridgehead atoms. The third-order valence-electron chi connectivity index (χ3n) is 5.55. The van der Waals surface area contributed by atoms with Gasteiger partial charge >= 0.3 is 12.3 Å². The molecule has 35 heavy (non-hydrogen) atoms. The lowest BCUT2D eigenvalue weighted by molar-refractivity contribution is -0.143. The van der Waals surface area contributed by atoms with Crippen LogP contribution in [0.3, 0.4) is 0 Å². The van der Waals surface area contributed by atoms with E-state index >= 15 is 0 Å². The lowest BCUT2D eigenvalue weighted by Gasteiger charge is -2.40. The standard InChI is InChI=1S/C22H28F3N7O2S/c1-20(2,3)34-19(33)31-21(4)7-10-32(11-8-21)18-29-16-17(30-18)28-14(12-27-16)35-13-6-5-9-26-15(13)22(23,24)25/h5-6,9,27H,7-8,10-12H2,1-4H3,(H,29,30)(H,31,33). The van der Waals surface area contributed by atoms with E-state index in [2.05, 4.69) is 35.5 Å². The number of nitrogens with one attached hydrogen (secondary N) is 3. The summed E-state index contributed by atoms with van der Waals surface area (Å²) in [5.74, 6) is 1.63. The van der Waals surface area contributed by atoms with E-state index in [1.807, 2.05) is 27.7 Å². The van der Waals surface area contributed by atoms with Gasteiger partial charge in [-0.2, -0.15) is 18.2 Å². The summed E-state index contributed by atoms with van der Waals surface area (Å²) in [6.45, 7) is 9.01. The Kier molecular flexibility index (Phi) is 6.64. The number of piperidine rings is 1. The molecule has 0 atom stereocenters. The number of alkyl halides is 3. The number of imidazole rings is 1. The number of fused-ring (bicyclic) bond motifs is 1. The van der Waals surface area contributed by atoms with Crippen molar-refractivity contribution in [3.63, 3.8) is 0 Å². The van der Waals surface area contributed by atoms with E-state index in [1.54, 1.807) is 0 Å². The molecule has 2 aromatic heterocycles. The van der Waals surface area contributed by atoms with Crippen molar-refractivity contribution in [1.82, 2.24) is 20.3 Å². The van der Waals surface area contributed by atoms with Gasteiger partial charge in [0.05, 0.1) is 11.6 Å². The summed E-state index contributed by atoms with van der Waals surface area (Å²) in [6.07, 6.45) is -2.47. The topological polar surface area (TPSA) is 108 Å². The number of carbonyl (C=O) groups is 1. The largest absolute Gasteiger partial charge is 0.444 e. The SMILES string of the molecule is CC1(NC(=O)OC(C)(C)C)CCN(c2nc3c([nH]2)N=C(Sc2cccnc2C(F)(F)F)CN3)CC1. The Hall–Kier alpha value is -2.96. The lowest BCUT2D eigenvalue weighted by atomic mass is 9.90. The average molecular weight is 512 g/mol. The molecular weight excluding hydrogens is 483 g/mol. The zero-order valence-electron chi connectivity index (χ0n) is 19.9. The maximum Gasteiger partial charge on any atom is 0.434 e. The first kappa shape index (κ1) is 25.1. The first-order valence-corrected chi connectivity index (χ1v) is 12.0. The van der Waals surface area contributed by atoms with Gasteiger partial charge in [0.25, 0.3) is 0 Å². The molecule has 9 nitrogen and oxygen atoms in total. The minimum Gasteiger partial charge on any atom is -0.444 e. The number of thioether (sulfide) groups is 1. The van der Waals surface area contributed by atoms with E-state index in [1.165, 1.54) is 12.1 Å². The van der Waals surface area contributed by atoms with Crippen LogP contribution in [-0.4, -0.2) is 56.9 Å². The molecule has 1 amide bonds. The van der Waals surface area contributed by atoms with E-state index in [0.29, 0.717) is 48.6 Å². The normalized spacial score (nSPS) is 17.8. The van der Waals surface area contributed by atoms with E-state index < -0.39 is 29.1 Å². The van der Waals surface area contributed by atoms with Gasteiger partial charge in [0.2, 0.25) is 5.95 Å².